The topological polar surface area (TPSA) is 17.1 Å². The highest BCUT2D eigenvalue weighted by molar-refractivity contribution is 7.72. The lowest BCUT2D eigenvalue weighted by molar-refractivity contribution is 0.598. The third-order valence-corrected chi connectivity index (χ3v) is 5.48. The molecule has 0 saturated carbocycles. The Morgan fingerprint density at radius 3 is 1.83 bits per heavy atom. The molecule has 0 radical (unpaired) electrons. The summed E-state index contributed by atoms with van der Waals surface area (Å²) in [6.45, 7) is 0. The van der Waals surface area contributed by atoms with E-state index in [2.05, 4.69) is 0 Å². The van der Waals surface area contributed by atoms with Crippen LogP contribution in [0.1, 0.15) is 0 Å². The van der Waals surface area contributed by atoms with Crippen LogP contribution in [0.15, 0.2) is 35.0 Å². The molecule has 0 spiro atoms. The molecule has 0 aromatic carbocycles. The third kappa shape index (κ3) is 1.48. The second kappa shape index (κ2) is 3.48. The van der Waals surface area contributed by atoms with Crippen molar-refractivity contribution in [2.45, 2.75) is 0 Å². The van der Waals surface area contributed by atoms with Crippen LogP contribution in [0.5, 0.6) is 0 Å². The number of rotatable bonds is 2. The Hall–Kier alpha value is -0.500. The summed E-state index contributed by atoms with van der Waals surface area (Å²) in [5.74, 6) is 0. The van der Waals surface area contributed by atoms with Crippen molar-refractivity contribution in [3.63, 3.8) is 0 Å². The minimum atomic E-state index is -1.31. The Morgan fingerprint density at radius 2 is 1.50 bits per heavy atom. The van der Waals surface area contributed by atoms with E-state index in [0.29, 0.717) is 0 Å². The standard InChI is InChI=1S/C8H6OPS2/c9-10(7-3-1-5-11-7)8-4-2-6-12-8/h1-6H/q+1. The lowest BCUT2D eigenvalue weighted by Gasteiger charge is -1.74. The molecule has 1 nitrogen and oxygen atoms in total. The summed E-state index contributed by atoms with van der Waals surface area (Å²) in [5, 5.41) is 3.91. The van der Waals surface area contributed by atoms with Gasteiger partial charge in [0.1, 0.15) is 0 Å². The van der Waals surface area contributed by atoms with E-state index < -0.39 is 7.80 Å². The second-order valence-corrected chi connectivity index (χ2v) is 6.25. The van der Waals surface area contributed by atoms with E-state index in [1.54, 1.807) is 22.7 Å². The van der Waals surface area contributed by atoms with Crippen molar-refractivity contribution in [3.8, 4) is 0 Å². The van der Waals surface area contributed by atoms with Gasteiger partial charge >= 0.3 is 7.80 Å². The van der Waals surface area contributed by atoms with Crippen LogP contribution in [-0.4, -0.2) is 0 Å². The minimum absolute atomic E-state index is 0.965. The predicted octanol–water partition coefficient (Wildman–Crippen LogP) is 2.59. The quantitative estimate of drug-likeness (QED) is 0.701. The predicted molar refractivity (Wildman–Crippen MR) is 55.5 cm³/mol. The van der Waals surface area contributed by atoms with Crippen molar-refractivity contribution in [3.05, 3.63) is 35.0 Å². The van der Waals surface area contributed by atoms with Crippen LogP contribution in [0.25, 0.3) is 0 Å². The van der Waals surface area contributed by atoms with E-state index in [1.165, 1.54) is 0 Å². The molecular formula is C8H6OPS2+. The molecule has 0 aliphatic heterocycles. The molecule has 2 heterocycles. The van der Waals surface area contributed by atoms with Gasteiger partial charge in [-0.25, -0.2) is 0 Å². The zero-order chi connectivity index (χ0) is 8.39. The van der Waals surface area contributed by atoms with Gasteiger partial charge in [0.05, 0.1) is 0 Å². The van der Waals surface area contributed by atoms with Gasteiger partial charge < -0.3 is 0 Å². The van der Waals surface area contributed by atoms with Gasteiger partial charge in [-0.1, -0.05) is 27.2 Å². The van der Waals surface area contributed by atoms with Gasteiger partial charge in [-0.3, -0.25) is 0 Å². The van der Waals surface area contributed by atoms with Gasteiger partial charge in [0, 0.05) is 12.1 Å². The lowest BCUT2D eigenvalue weighted by Crippen LogP contribution is -1.96. The average Bonchev–Trinajstić information content (AvgIpc) is 2.77. The first-order valence-electron chi connectivity index (χ1n) is 3.42. The minimum Gasteiger partial charge on any atom is -0.0961 e. The van der Waals surface area contributed by atoms with E-state index in [0.717, 1.165) is 9.24 Å². The van der Waals surface area contributed by atoms with Gasteiger partial charge in [0.25, 0.3) is 0 Å². The van der Waals surface area contributed by atoms with Crippen LogP contribution < -0.4 is 9.24 Å². The fourth-order valence-electron chi connectivity index (χ4n) is 0.879. The molecule has 0 unspecified atom stereocenters. The SMILES string of the molecule is O=[P+](c1cccs1)c1cccs1. The summed E-state index contributed by atoms with van der Waals surface area (Å²) in [6.07, 6.45) is 0. The Balaban J connectivity index is 2.34. The summed E-state index contributed by atoms with van der Waals surface area (Å²) in [5.41, 5.74) is 0. The molecule has 60 valence electrons. The van der Waals surface area contributed by atoms with Gasteiger partial charge in [-0.15, -0.1) is 0 Å². The van der Waals surface area contributed by atoms with E-state index in [4.69, 9.17) is 0 Å². The van der Waals surface area contributed by atoms with Crippen molar-refractivity contribution in [2.24, 2.45) is 0 Å². The molecule has 12 heavy (non-hydrogen) atoms. The summed E-state index contributed by atoms with van der Waals surface area (Å²) < 4.78 is 13.7. The zero-order valence-corrected chi connectivity index (χ0v) is 8.66. The molecule has 0 aliphatic rings. The monoisotopic (exact) mass is 213 g/mol. The fraction of sp³-hybridized carbons (Fsp3) is 0. The smallest absolute Gasteiger partial charge is 0.0961 e. The number of thiophene rings is 2. The number of hydrogen-bond acceptors (Lipinski definition) is 3. The molecule has 0 fully saturated rings. The summed E-state index contributed by atoms with van der Waals surface area (Å²) in [7, 11) is -1.31. The Kier molecular flexibility index (Phi) is 2.35. The largest absolute Gasteiger partial charge is 0.437 e. The van der Waals surface area contributed by atoms with Gasteiger partial charge in [-0.05, 0) is 22.9 Å². The van der Waals surface area contributed by atoms with Gasteiger partial charge in [0.15, 0.2) is 0 Å². The van der Waals surface area contributed by atoms with Crippen LogP contribution in [0, 0.1) is 0 Å². The maximum atomic E-state index is 11.7. The molecule has 2 aromatic rings. The van der Waals surface area contributed by atoms with Crippen LogP contribution in [0.2, 0.25) is 0 Å². The zero-order valence-electron chi connectivity index (χ0n) is 6.14. The summed E-state index contributed by atoms with van der Waals surface area (Å²) in [6, 6.07) is 7.70. The Morgan fingerprint density at radius 1 is 1.00 bits per heavy atom. The molecule has 0 bridgehead atoms. The first kappa shape index (κ1) is 8.11. The first-order valence-corrected chi connectivity index (χ1v) is 6.44. The van der Waals surface area contributed by atoms with Gasteiger partial charge in [0.2, 0.25) is 9.24 Å². The number of hydrogen-bond donors (Lipinski definition) is 0. The third-order valence-electron chi connectivity index (χ3n) is 1.41. The highest BCUT2D eigenvalue weighted by atomic mass is 32.1. The second-order valence-electron chi connectivity index (χ2n) is 2.20. The van der Waals surface area contributed by atoms with Crippen molar-refractivity contribution >= 4 is 39.7 Å². The van der Waals surface area contributed by atoms with Crippen LogP contribution in [0.3, 0.4) is 0 Å². The van der Waals surface area contributed by atoms with Crippen LogP contribution in [-0.2, 0) is 4.57 Å². The molecule has 0 saturated heterocycles. The highest BCUT2D eigenvalue weighted by Crippen LogP contribution is 2.24. The molecule has 0 aliphatic carbocycles. The van der Waals surface area contributed by atoms with E-state index >= 15 is 0 Å². The lowest BCUT2D eigenvalue weighted by atomic mass is 10.7. The van der Waals surface area contributed by atoms with E-state index in [1.807, 2.05) is 35.0 Å². The van der Waals surface area contributed by atoms with Crippen LogP contribution >= 0.6 is 30.5 Å². The Bertz CT molecular complexity index is 327. The maximum Gasteiger partial charge on any atom is 0.437 e. The van der Waals surface area contributed by atoms with Crippen molar-refractivity contribution in [1.29, 1.82) is 0 Å². The normalized spacial score (nSPS) is 10.0. The van der Waals surface area contributed by atoms with Crippen molar-refractivity contribution in [2.75, 3.05) is 0 Å². The molecule has 0 N–H and O–H groups in total. The average molecular weight is 213 g/mol. The van der Waals surface area contributed by atoms with Crippen molar-refractivity contribution in [1.82, 2.24) is 0 Å². The van der Waals surface area contributed by atoms with Gasteiger partial charge in [-0.2, -0.15) is 0 Å². The molecule has 0 atom stereocenters. The van der Waals surface area contributed by atoms with Crippen molar-refractivity contribution < 1.29 is 4.57 Å². The molecule has 0 amide bonds. The molecule has 2 aromatic heterocycles. The maximum absolute atomic E-state index is 11.7. The highest BCUT2D eigenvalue weighted by Gasteiger charge is 2.25. The fourth-order valence-corrected chi connectivity index (χ4v) is 4.34. The summed E-state index contributed by atoms with van der Waals surface area (Å²) >= 11 is 3.10. The van der Waals surface area contributed by atoms with E-state index in [9.17, 15) is 4.57 Å². The van der Waals surface area contributed by atoms with Crippen LogP contribution in [0.4, 0.5) is 0 Å². The molecular weight excluding hydrogens is 207 g/mol. The summed E-state index contributed by atoms with van der Waals surface area (Å²) in [4.78, 5) is 0. The first-order chi connectivity index (χ1) is 5.88. The molecule has 2 rings (SSSR count). The Labute approximate surface area is 79.5 Å². The molecule has 4 heteroatoms. The van der Waals surface area contributed by atoms with E-state index in [-0.39, 0.29) is 0 Å².